The number of nitrogen functional groups attached to an aromatic ring is 2. The minimum absolute atomic E-state index is 0.157. The van der Waals surface area contributed by atoms with Crippen molar-refractivity contribution in [2.75, 3.05) is 18.0 Å². The molecule has 0 amide bonds. The smallest absolute Gasteiger partial charge is 0.151 e. The largest absolute Gasteiger partial charge is 0.508 e. The lowest BCUT2D eigenvalue weighted by Gasteiger charge is -2.05. The number of rotatable bonds is 4. The van der Waals surface area contributed by atoms with Gasteiger partial charge in [0, 0.05) is 11.6 Å². The number of benzene rings is 1. The van der Waals surface area contributed by atoms with E-state index in [0.717, 1.165) is 12.0 Å². The van der Waals surface area contributed by atoms with Crippen molar-refractivity contribution in [1.82, 2.24) is 9.78 Å². The van der Waals surface area contributed by atoms with Crippen LogP contribution in [0.3, 0.4) is 0 Å². The second-order valence-electron chi connectivity index (χ2n) is 4.07. The van der Waals surface area contributed by atoms with Gasteiger partial charge in [-0.15, -0.1) is 5.10 Å². The maximum Gasteiger partial charge on any atom is 0.151 e. The van der Waals surface area contributed by atoms with Crippen LogP contribution >= 0.6 is 0 Å². The van der Waals surface area contributed by atoms with Crippen molar-refractivity contribution in [2.24, 2.45) is 5.73 Å². The minimum Gasteiger partial charge on any atom is -0.508 e. The zero-order valence-electron chi connectivity index (χ0n) is 10.0. The molecule has 0 atom stereocenters. The number of nitrogens with two attached hydrogens (primary N) is 3. The van der Waals surface area contributed by atoms with Crippen LogP contribution in [0, 0.1) is 0 Å². The van der Waals surface area contributed by atoms with Crippen LogP contribution < -0.4 is 17.2 Å². The quantitative estimate of drug-likeness (QED) is 0.632. The van der Waals surface area contributed by atoms with Crippen LogP contribution in [0.25, 0.3) is 5.69 Å². The molecule has 0 radical (unpaired) electrons. The fourth-order valence-electron chi connectivity index (χ4n) is 1.84. The molecule has 96 valence electrons. The highest BCUT2D eigenvalue weighted by atomic mass is 16.3. The van der Waals surface area contributed by atoms with E-state index in [-0.39, 0.29) is 5.75 Å². The molecule has 1 aromatic carbocycles. The molecule has 2 rings (SSSR count). The molecule has 0 aliphatic rings. The van der Waals surface area contributed by atoms with Crippen LogP contribution in [0.5, 0.6) is 5.75 Å². The number of hydrogen-bond donors (Lipinski definition) is 4. The fraction of sp³-hybridized carbons (Fsp3) is 0.250. The number of nitrogens with zero attached hydrogens (tertiary/aromatic N) is 2. The lowest BCUT2D eigenvalue weighted by Crippen LogP contribution is -2.05. The van der Waals surface area contributed by atoms with Gasteiger partial charge in [0.25, 0.3) is 0 Å². The molecule has 6 heteroatoms. The molecule has 7 N–H and O–H groups in total. The maximum atomic E-state index is 9.45. The van der Waals surface area contributed by atoms with Crippen molar-refractivity contribution in [3.05, 3.63) is 29.8 Å². The average Bonchev–Trinajstić information content (AvgIpc) is 2.63. The average molecular weight is 247 g/mol. The summed E-state index contributed by atoms with van der Waals surface area (Å²) < 4.78 is 1.53. The second kappa shape index (κ2) is 4.97. The monoisotopic (exact) mass is 247 g/mol. The van der Waals surface area contributed by atoms with Crippen molar-refractivity contribution < 1.29 is 5.11 Å². The van der Waals surface area contributed by atoms with E-state index in [0.29, 0.717) is 30.3 Å². The summed E-state index contributed by atoms with van der Waals surface area (Å²) in [4.78, 5) is 0. The number of anilines is 2. The van der Waals surface area contributed by atoms with E-state index in [1.54, 1.807) is 24.3 Å². The Labute approximate surface area is 105 Å². The molecule has 0 unspecified atom stereocenters. The summed E-state index contributed by atoms with van der Waals surface area (Å²) in [6.45, 7) is 0.580. The zero-order valence-corrected chi connectivity index (χ0v) is 10.0. The maximum absolute atomic E-state index is 9.45. The summed E-state index contributed by atoms with van der Waals surface area (Å²) in [7, 11) is 0. The Morgan fingerprint density at radius 3 is 2.72 bits per heavy atom. The van der Waals surface area contributed by atoms with Gasteiger partial charge < -0.3 is 22.3 Å². The zero-order chi connectivity index (χ0) is 13.1. The number of phenols is 1. The molecule has 0 aliphatic carbocycles. The highest BCUT2D eigenvalue weighted by molar-refractivity contribution is 5.58. The van der Waals surface area contributed by atoms with E-state index in [4.69, 9.17) is 17.2 Å². The molecule has 0 aliphatic heterocycles. The predicted molar refractivity (Wildman–Crippen MR) is 71.4 cm³/mol. The molecule has 18 heavy (non-hydrogen) atoms. The topological polar surface area (TPSA) is 116 Å². The number of aromatic hydroxyl groups is 1. The summed E-state index contributed by atoms with van der Waals surface area (Å²) in [5, 5.41) is 13.6. The Bertz CT molecular complexity index is 549. The van der Waals surface area contributed by atoms with Gasteiger partial charge in [-0.1, -0.05) is 6.07 Å². The van der Waals surface area contributed by atoms with Crippen LogP contribution in [0.15, 0.2) is 24.3 Å². The number of hydrogen-bond acceptors (Lipinski definition) is 5. The highest BCUT2D eigenvalue weighted by Gasteiger charge is 2.14. The van der Waals surface area contributed by atoms with Gasteiger partial charge in [0.05, 0.1) is 5.69 Å². The summed E-state index contributed by atoms with van der Waals surface area (Å²) in [6, 6.07) is 6.69. The molecule has 1 heterocycles. The van der Waals surface area contributed by atoms with Gasteiger partial charge in [-0.2, -0.15) is 0 Å². The Hall–Kier alpha value is -2.21. The summed E-state index contributed by atoms with van der Waals surface area (Å²) in [6.07, 6.45) is 1.51. The van der Waals surface area contributed by atoms with Gasteiger partial charge in [-0.3, -0.25) is 0 Å². The Kier molecular flexibility index (Phi) is 3.38. The van der Waals surface area contributed by atoms with Gasteiger partial charge in [-0.25, -0.2) is 4.68 Å². The lowest BCUT2D eigenvalue weighted by molar-refractivity contribution is 0.475. The summed E-state index contributed by atoms with van der Waals surface area (Å²) >= 11 is 0. The van der Waals surface area contributed by atoms with E-state index in [2.05, 4.69) is 5.10 Å². The van der Waals surface area contributed by atoms with Crippen LogP contribution in [0.4, 0.5) is 11.6 Å². The van der Waals surface area contributed by atoms with Crippen molar-refractivity contribution >= 4 is 11.6 Å². The fourth-order valence-corrected chi connectivity index (χ4v) is 1.84. The SMILES string of the molecule is NCCCc1c(N)nn(-c2cccc(O)c2)c1N. The third-order valence-corrected chi connectivity index (χ3v) is 2.76. The third kappa shape index (κ3) is 2.23. The first-order valence-electron chi connectivity index (χ1n) is 5.75. The normalized spacial score (nSPS) is 10.7. The van der Waals surface area contributed by atoms with Gasteiger partial charge in [0.15, 0.2) is 5.82 Å². The molecule has 1 aromatic heterocycles. The molecular formula is C12H17N5O. The van der Waals surface area contributed by atoms with Crippen LogP contribution in [0.2, 0.25) is 0 Å². The molecule has 0 bridgehead atoms. The first-order chi connectivity index (χ1) is 8.63. The van der Waals surface area contributed by atoms with Crippen LogP contribution in [-0.4, -0.2) is 21.4 Å². The van der Waals surface area contributed by atoms with E-state index in [1.165, 1.54) is 4.68 Å². The van der Waals surface area contributed by atoms with Crippen LogP contribution in [-0.2, 0) is 6.42 Å². The molecule has 0 saturated heterocycles. The van der Waals surface area contributed by atoms with Crippen molar-refractivity contribution in [2.45, 2.75) is 12.8 Å². The number of aromatic nitrogens is 2. The van der Waals surface area contributed by atoms with E-state index in [1.807, 2.05) is 0 Å². The second-order valence-corrected chi connectivity index (χ2v) is 4.07. The van der Waals surface area contributed by atoms with Crippen molar-refractivity contribution in [3.8, 4) is 11.4 Å². The minimum atomic E-state index is 0.157. The van der Waals surface area contributed by atoms with Crippen LogP contribution in [0.1, 0.15) is 12.0 Å². The molecule has 6 nitrogen and oxygen atoms in total. The summed E-state index contributed by atoms with van der Waals surface area (Å²) in [5.41, 5.74) is 18.8. The summed E-state index contributed by atoms with van der Waals surface area (Å²) in [5.74, 6) is 1.06. The van der Waals surface area contributed by atoms with Gasteiger partial charge >= 0.3 is 0 Å². The van der Waals surface area contributed by atoms with E-state index >= 15 is 0 Å². The lowest BCUT2D eigenvalue weighted by atomic mass is 10.1. The number of phenolic OH excluding ortho intramolecular Hbond substituents is 1. The Balaban J connectivity index is 2.40. The highest BCUT2D eigenvalue weighted by Crippen LogP contribution is 2.25. The first-order valence-corrected chi connectivity index (χ1v) is 5.75. The van der Waals surface area contributed by atoms with Crippen molar-refractivity contribution in [1.29, 1.82) is 0 Å². The predicted octanol–water partition coefficient (Wildman–Crippen LogP) is 0.634. The van der Waals surface area contributed by atoms with Gasteiger partial charge in [0.2, 0.25) is 0 Å². The Morgan fingerprint density at radius 1 is 1.28 bits per heavy atom. The standard InChI is InChI=1S/C12H17N5O/c13-6-2-5-10-11(14)16-17(12(10)15)8-3-1-4-9(18)7-8/h1,3-4,7,18H,2,5-6,13,15H2,(H2,14,16). The molecule has 0 saturated carbocycles. The van der Waals surface area contributed by atoms with Gasteiger partial charge in [0.1, 0.15) is 11.6 Å². The molecule has 0 fully saturated rings. The first kappa shape index (κ1) is 12.3. The third-order valence-electron chi connectivity index (χ3n) is 2.76. The molecular weight excluding hydrogens is 230 g/mol. The van der Waals surface area contributed by atoms with E-state index < -0.39 is 0 Å². The van der Waals surface area contributed by atoms with Gasteiger partial charge in [-0.05, 0) is 31.5 Å². The van der Waals surface area contributed by atoms with E-state index in [9.17, 15) is 5.11 Å². The molecule has 0 spiro atoms. The van der Waals surface area contributed by atoms with Crippen molar-refractivity contribution in [3.63, 3.8) is 0 Å². The molecule has 2 aromatic rings. The Morgan fingerprint density at radius 2 is 2.06 bits per heavy atom.